The molecule has 166 valence electrons. The maximum Gasteiger partial charge on any atom is 0.191 e. The number of aliphatic imine (C=N–C) groups is 1. The molecule has 1 aliphatic heterocycles. The lowest BCUT2D eigenvalue weighted by Gasteiger charge is -2.22. The van der Waals surface area contributed by atoms with Crippen molar-refractivity contribution in [3.63, 3.8) is 0 Å². The average molecular weight is 519 g/mol. The van der Waals surface area contributed by atoms with Crippen LogP contribution in [0.25, 0.3) is 0 Å². The molecule has 0 saturated carbocycles. The first kappa shape index (κ1) is 26.1. The molecule has 0 spiro atoms. The summed E-state index contributed by atoms with van der Waals surface area (Å²) in [5.41, 5.74) is 2.43. The monoisotopic (exact) mass is 519 g/mol. The molecule has 0 unspecified atom stereocenters. The Bertz CT molecular complexity index is 566. The van der Waals surface area contributed by atoms with E-state index in [0.29, 0.717) is 12.7 Å². The average Bonchev–Trinajstić information content (AvgIpc) is 2.75. The second-order valence-corrected chi connectivity index (χ2v) is 7.11. The van der Waals surface area contributed by atoms with Gasteiger partial charge in [0.15, 0.2) is 5.96 Å². The van der Waals surface area contributed by atoms with Crippen molar-refractivity contribution < 1.29 is 14.2 Å². The Morgan fingerprint density at radius 1 is 1.14 bits per heavy atom. The fourth-order valence-corrected chi connectivity index (χ4v) is 3.02. The van der Waals surface area contributed by atoms with Crippen LogP contribution >= 0.6 is 24.0 Å². The van der Waals surface area contributed by atoms with Crippen molar-refractivity contribution in [3.05, 3.63) is 35.4 Å². The quantitative estimate of drug-likeness (QED) is 0.190. The topological polar surface area (TPSA) is 64.1 Å². The van der Waals surface area contributed by atoms with Gasteiger partial charge in [0, 0.05) is 46.6 Å². The number of hydrogen-bond acceptors (Lipinski definition) is 4. The molecule has 29 heavy (non-hydrogen) atoms. The molecule has 0 atom stereocenters. The van der Waals surface area contributed by atoms with Crippen molar-refractivity contribution >= 4 is 29.9 Å². The summed E-state index contributed by atoms with van der Waals surface area (Å²) in [7, 11) is 1.80. The molecular formula is C22H38IN3O3. The molecule has 2 rings (SSSR count). The lowest BCUT2D eigenvalue weighted by molar-refractivity contribution is -0.0390. The highest BCUT2D eigenvalue weighted by Gasteiger charge is 2.14. The number of nitrogens with one attached hydrogen (secondary N) is 2. The van der Waals surface area contributed by atoms with Crippen LogP contribution < -0.4 is 10.6 Å². The number of unbranched alkanes of at least 4 members (excludes halogenated alkanes) is 1. The number of ether oxygens (including phenoxy) is 3. The first-order valence-electron chi connectivity index (χ1n) is 10.6. The van der Waals surface area contributed by atoms with E-state index in [2.05, 4.69) is 46.8 Å². The standard InChI is InChI=1S/C22H37N3O3.HI/c1-3-4-12-26-13-6-11-24-22(23-2)25-17-19-7-5-8-20(16-19)18-28-21-9-14-27-15-10-21;/h5,7-8,16,21H,3-4,6,9-15,17-18H2,1-2H3,(H2,23,24,25);1H. The highest BCUT2D eigenvalue weighted by Crippen LogP contribution is 2.14. The second kappa shape index (κ2) is 16.8. The van der Waals surface area contributed by atoms with Gasteiger partial charge in [-0.1, -0.05) is 37.6 Å². The van der Waals surface area contributed by atoms with Crippen molar-refractivity contribution in [2.45, 2.75) is 58.3 Å². The SMILES string of the molecule is CCCCOCCCNC(=NC)NCc1cccc(COC2CCOCC2)c1.I. The number of guanidine groups is 1. The van der Waals surface area contributed by atoms with Gasteiger partial charge in [0.05, 0.1) is 12.7 Å². The molecule has 2 N–H and O–H groups in total. The highest BCUT2D eigenvalue weighted by atomic mass is 127. The molecule has 7 heteroatoms. The van der Waals surface area contributed by atoms with E-state index in [-0.39, 0.29) is 24.0 Å². The number of halogens is 1. The number of rotatable bonds is 12. The number of hydrogen-bond donors (Lipinski definition) is 2. The minimum atomic E-state index is 0. The van der Waals surface area contributed by atoms with Gasteiger partial charge in [-0.15, -0.1) is 24.0 Å². The fourth-order valence-electron chi connectivity index (χ4n) is 3.02. The van der Waals surface area contributed by atoms with E-state index in [1.807, 2.05) is 0 Å². The predicted octanol–water partition coefficient (Wildman–Crippen LogP) is 3.87. The lowest BCUT2D eigenvalue weighted by Crippen LogP contribution is -2.37. The van der Waals surface area contributed by atoms with E-state index in [9.17, 15) is 0 Å². The summed E-state index contributed by atoms with van der Waals surface area (Å²) in [6, 6.07) is 8.53. The molecule has 0 radical (unpaired) electrons. The van der Waals surface area contributed by atoms with Gasteiger partial charge < -0.3 is 24.8 Å². The third kappa shape index (κ3) is 11.8. The van der Waals surface area contributed by atoms with Gasteiger partial charge in [-0.25, -0.2) is 0 Å². The van der Waals surface area contributed by atoms with Crippen molar-refractivity contribution in [2.24, 2.45) is 4.99 Å². The van der Waals surface area contributed by atoms with Crippen LogP contribution in [0.15, 0.2) is 29.3 Å². The van der Waals surface area contributed by atoms with Crippen LogP contribution in [0.3, 0.4) is 0 Å². The summed E-state index contributed by atoms with van der Waals surface area (Å²) in [6.45, 7) is 7.69. The van der Waals surface area contributed by atoms with Crippen LogP contribution in [0.1, 0.15) is 50.2 Å². The molecule has 1 fully saturated rings. The van der Waals surface area contributed by atoms with E-state index >= 15 is 0 Å². The van der Waals surface area contributed by atoms with Crippen LogP contribution in [-0.2, 0) is 27.4 Å². The Balaban J connectivity index is 0.00000420. The molecule has 1 aromatic carbocycles. The zero-order valence-corrected chi connectivity index (χ0v) is 20.3. The number of benzene rings is 1. The summed E-state index contributed by atoms with van der Waals surface area (Å²) in [6.07, 6.45) is 5.60. The van der Waals surface area contributed by atoms with Gasteiger partial charge in [0.1, 0.15) is 0 Å². The van der Waals surface area contributed by atoms with Crippen LogP contribution in [-0.4, -0.2) is 52.1 Å². The van der Waals surface area contributed by atoms with Crippen LogP contribution in [0, 0.1) is 0 Å². The fraction of sp³-hybridized carbons (Fsp3) is 0.682. The van der Waals surface area contributed by atoms with Gasteiger partial charge in [0.2, 0.25) is 0 Å². The minimum Gasteiger partial charge on any atom is -0.381 e. The van der Waals surface area contributed by atoms with E-state index in [4.69, 9.17) is 14.2 Å². The van der Waals surface area contributed by atoms with Gasteiger partial charge in [-0.2, -0.15) is 0 Å². The Hall–Kier alpha value is -0.900. The van der Waals surface area contributed by atoms with Crippen LogP contribution in [0.4, 0.5) is 0 Å². The Morgan fingerprint density at radius 2 is 1.90 bits per heavy atom. The smallest absolute Gasteiger partial charge is 0.191 e. The largest absolute Gasteiger partial charge is 0.381 e. The number of nitrogens with zero attached hydrogens (tertiary/aromatic N) is 1. The Morgan fingerprint density at radius 3 is 2.66 bits per heavy atom. The van der Waals surface area contributed by atoms with Gasteiger partial charge in [-0.05, 0) is 36.8 Å². The zero-order chi connectivity index (χ0) is 19.9. The Kier molecular flexibility index (Phi) is 15.2. The summed E-state index contributed by atoms with van der Waals surface area (Å²) in [5.74, 6) is 0.817. The van der Waals surface area contributed by atoms with Crippen molar-refractivity contribution in [1.29, 1.82) is 0 Å². The molecule has 0 amide bonds. The molecule has 0 aromatic heterocycles. The molecule has 1 aromatic rings. The lowest BCUT2D eigenvalue weighted by atomic mass is 10.1. The molecule has 0 aliphatic carbocycles. The molecular weight excluding hydrogens is 481 g/mol. The third-order valence-electron chi connectivity index (χ3n) is 4.73. The Labute approximate surface area is 193 Å². The first-order chi connectivity index (χ1) is 13.8. The zero-order valence-electron chi connectivity index (χ0n) is 18.0. The molecule has 0 bridgehead atoms. The molecule has 1 saturated heterocycles. The van der Waals surface area contributed by atoms with Crippen molar-refractivity contribution in [1.82, 2.24) is 10.6 Å². The highest BCUT2D eigenvalue weighted by molar-refractivity contribution is 14.0. The van der Waals surface area contributed by atoms with Gasteiger partial charge >= 0.3 is 0 Å². The summed E-state index contributed by atoms with van der Waals surface area (Å²) >= 11 is 0. The van der Waals surface area contributed by atoms with Gasteiger partial charge in [0.25, 0.3) is 0 Å². The second-order valence-electron chi connectivity index (χ2n) is 7.11. The molecule has 1 aliphatic rings. The molecule has 6 nitrogen and oxygen atoms in total. The summed E-state index contributed by atoms with van der Waals surface area (Å²) in [5, 5.41) is 6.71. The van der Waals surface area contributed by atoms with E-state index in [0.717, 1.165) is 71.2 Å². The normalized spacial score (nSPS) is 15.0. The van der Waals surface area contributed by atoms with Crippen molar-refractivity contribution in [2.75, 3.05) is 40.0 Å². The predicted molar refractivity (Wildman–Crippen MR) is 129 cm³/mol. The van der Waals surface area contributed by atoms with E-state index < -0.39 is 0 Å². The van der Waals surface area contributed by atoms with E-state index in [1.54, 1.807) is 7.05 Å². The third-order valence-corrected chi connectivity index (χ3v) is 4.73. The van der Waals surface area contributed by atoms with Crippen LogP contribution in [0.5, 0.6) is 0 Å². The van der Waals surface area contributed by atoms with Crippen molar-refractivity contribution in [3.8, 4) is 0 Å². The maximum absolute atomic E-state index is 6.02. The van der Waals surface area contributed by atoms with Crippen LogP contribution in [0.2, 0.25) is 0 Å². The first-order valence-corrected chi connectivity index (χ1v) is 10.6. The van der Waals surface area contributed by atoms with Gasteiger partial charge in [-0.3, -0.25) is 4.99 Å². The summed E-state index contributed by atoms with van der Waals surface area (Å²) in [4.78, 5) is 4.29. The maximum atomic E-state index is 6.02. The molecule has 1 heterocycles. The minimum absolute atomic E-state index is 0. The van der Waals surface area contributed by atoms with E-state index in [1.165, 1.54) is 17.5 Å². The summed E-state index contributed by atoms with van der Waals surface area (Å²) < 4.78 is 17.0.